The second-order valence-corrected chi connectivity index (χ2v) is 5.58. The molecule has 3 rings (SSSR count). The molecule has 1 aromatic carbocycles. The molecule has 1 aliphatic heterocycles. The minimum absolute atomic E-state index is 0.160. The van der Waals surface area contributed by atoms with E-state index in [9.17, 15) is 23.2 Å². The fourth-order valence-corrected chi connectivity index (χ4v) is 2.84. The number of nitrogens with zero attached hydrogens (tertiary/aromatic N) is 1. The minimum atomic E-state index is -2.75. The van der Waals surface area contributed by atoms with Crippen molar-refractivity contribution in [3.8, 4) is 0 Å². The molecule has 116 valence electrons. The SMILES string of the molecule is O=C(CC1CCC(F)(F)C1)ON1C(=O)c2ccccc2C1=O. The maximum atomic E-state index is 13.1. The van der Waals surface area contributed by atoms with E-state index in [-0.39, 0.29) is 36.8 Å². The van der Waals surface area contributed by atoms with Crippen LogP contribution in [-0.2, 0) is 9.63 Å². The third-order valence-corrected chi connectivity index (χ3v) is 3.91. The summed E-state index contributed by atoms with van der Waals surface area (Å²) in [6.07, 6.45) is -0.630. The standard InChI is InChI=1S/C15H13F2NO4/c16-15(17)6-5-9(8-15)7-12(19)22-18-13(20)10-3-1-2-4-11(10)14(18)21/h1-4,9H,5-8H2. The molecule has 2 aliphatic rings. The number of halogens is 2. The zero-order chi connectivity index (χ0) is 15.9. The van der Waals surface area contributed by atoms with Gasteiger partial charge in [0.25, 0.3) is 11.8 Å². The number of hydrogen-bond acceptors (Lipinski definition) is 4. The van der Waals surface area contributed by atoms with Crippen molar-refractivity contribution in [2.75, 3.05) is 0 Å². The average Bonchev–Trinajstić information content (AvgIpc) is 2.92. The van der Waals surface area contributed by atoms with Crippen molar-refractivity contribution in [2.45, 2.75) is 31.6 Å². The van der Waals surface area contributed by atoms with Crippen LogP contribution in [0.25, 0.3) is 0 Å². The highest BCUT2D eigenvalue weighted by Crippen LogP contribution is 2.40. The van der Waals surface area contributed by atoms with Gasteiger partial charge in [0.15, 0.2) is 0 Å². The fraction of sp³-hybridized carbons (Fsp3) is 0.400. The summed E-state index contributed by atoms with van der Waals surface area (Å²) in [4.78, 5) is 40.6. The molecule has 0 radical (unpaired) electrons. The molecule has 7 heteroatoms. The molecule has 0 bridgehead atoms. The van der Waals surface area contributed by atoms with Crippen LogP contribution in [0, 0.1) is 5.92 Å². The van der Waals surface area contributed by atoms with Crippen LogP contribution >= 0.6 is 0 Å². The molecule has 0 aromatic heterocycles. The number of amides is 2. The lowest BCUT2D eigenvalue weighted by Crippen LogP contribution is -2.33. The quantitative estimate of drug-likeness (QED) is 0.805. The number of imide groups is 1. The van der Waals surface area contributed by atoms with Gasteiger partial charge in [-0.1, -0.05) is 17.2 Å². The third-order valence-electron chi connectivity index (χ3n) is 3.91. The van der Waals surface area contributed by atoms with Gasteiger partial charge in [0, 0.05) is 12.8 Å². The summed E-state index contributed by atoms with van der Waals surface area (Å²) >= 11 is 0. The Bertz CT molecular complexity index is 624. The maximum Gasteiger partial charge on any atom is 0.333 e. The summed E-state index contributed by atoms with van der Waals surface area (Å²) in [5.74, 6) is -5.52. The summed E-state index contributed by atoms with van der Waals surface area (Å²) in [5.41, 5.74) is 0.320. The van der Waals surface area contributed by atoms with Crippen molar-refractivity contribution < 1.29 is 28.0 Å². The van der Waals surface area contributed by atoms with Crippen molar-refractivity contribution in [1.29, 1.82) is 0 Å². The largest absolute Gasteiger partial charge is 0.333 e. The molecule has 22 heavy (non-hydrogen) atoms. The predicted octanol–water partition coefficient (Wildman–Crippen LogP) is 2.57. The lowest BCUT2D eigenvalue weighted by atomic mass is 10.0. The Morgan fingerprint density at radius 1 is 1.23 bits per heavy atom. The van der Waals surface area contributed by atoms with Crippen LogP contribution in [0.2, 0.25) is 0 Å². The molecule has 1 heterocycles. The smallest absolute Gasteiger partial charge is 0.330 e. The first-order valence-corrected chi connectivity index (χ1v) is 6.94. The Morgan fingerprint density at radius 3 is 2.32 bits per heavy atom. The molecule has 5 nitrogen and oxygen atoms in total. The van der Waals surface area contributed by atoms with Gasteiger partial charge in [0.1, 0.15) is 0 Å². The highest BCUT2D eigenvalue weighted by molar-refractivity contribution is 6.20. The third kappa shape index (κ3) is 2.58. The summed E-state index contributed by atoms with van der Waals surface area (Å²) < 4.78 is 26.2. The predicted molar refractivity (Wildman–Crippen MR) is 69.9 cm³/mol. The molecule has 1 unspecified atom stereocenters. The van der Waals surface area contributed by atoms with E-state index in [1.165, 1.54) is 12.1 Å². The number of benzene rings is 1. The molecule has 1 atom stereocenters. The van der Waals surface area contributed by atoms with Crippen molar-refractivity contribution in [2.24, 2.45) is 5.92 Å². The number of hydrogen-bond donors (Lipinski definition) is 0. The molecular formula is C15H13F2NO4. The summed E-state index contributed by atoms with van der Waals surface area (Å²) in [5, 5.41) is 0.403. The number of carbonyl (C=O) groups is 3. The molecule has 1 aliphatic carbocycles. The van der Waals surface area contributed by atoms with Gasteiger partial charge in [-0.2, -0.15) is 0 Å². The lowest BCUT2D eigenvalue weighted by Gasteiger charge is -2.14. The van der Waals surface area contributed by atoms with Gasteiger partial charge in [-0.15, -0.1) is 0 Å². The second-order valence-electron chi connectivity index (χ2n) is 5.58. The Hall–Kier alpha value is -2.31. The van der Waals surface area contributed by atoms with Crippen molar-refractivity contribution in [3.63, 3.8) is 0 Å². The normalized spacial score (nSPS) is 22.8. The second kappa shape index (κ2) is 5.15. The maximum absolute atomic E-state index is 13.1. The fourth-order valence-electron chi connectivity index (χ4n) is 2.84. The van der Waals surface area contributed by atoms with Gasteiger partial charge >= 0.3 is 5.97 Å². The Morgan fingerprint density at radius 2 is 1.82 bits per heavy atom. The van der Waals surface area contributed by atoms with E-state index in [0.29, 0.717) is 5.06 Å². The van der Waals surface area contributed by atoms with Crippen LogP contribution in [0.1, 0.15) is 46.4 Å². The van der Waals surface area contributed by atoms with Gasteiger partial charge in [0.2, 0.25) is 5.92 Å². The van der Waals surface area contributed by atoms with Gasteiger partial charge in [-0.3, -0.25) is 9.59 Å². The van der Waals surface area contributed by atoms with Crippen LogP contribution in [0.15, 0.2) is 24.3 Å². The number of rotatable bonds is 3. The van der Waals surface area contributed by atoms with Crippen molar-refractivity contribution >= 4 is 17.8 Å². The first-order valence-electron chi connectivity index (χ1n) is 6.94. The van der Waals surface area contributed by atoms with Gasteiger partial charge in [-0.05, 0) is 24.5 Å². The molecule has 1 aromatic rings. The van der Waals surface area contributed by atoms with E-state index in [0.717, 1.165) is 0 Å². The van der Waals surface area contributed by atoms with E-state index < -0.39 is 29.6 Å². The topological polar surface area (TPSA) is 63.7 Å². The summed E-state index contributed by atoms with van der Waals surface area (Å²) in [6.45, 7) is 0. The zero-order valence-electron chi connectivity index (χ0n) is 11.6. The Balaban J connectivity index is 1.64. The minimum Gasteiger partial charge on any atom is -0.330 e. The van der Waals surface area contributed by atoms with E-state index in [4.69, 9.17) is 4.84 Å². The monoisotopic (exact) mass is 309 g/mol. The van der Waals surface area contributed by atoms with Gasteiger partial charge < -0.3 is 4.84 Å². The van der Waals surface area contributed by atoms with Crippen molar-refractivity contribution in [1.82, 2.24) is 5.06 Å². The summed E-state index contributed by atoms with van der Waals surface area (Å²) in [6, 6.07) is 6.10. The first-order chi connectivity index (χ1) is 10.4. The highest BCUT2D eigenvalue weighted by atomic mass is 19.3. The number of fused-ring (bicyclic) bond motifs is 1. The van der Waals surface area contributed by atoms with Gasteiger partial charge in [0.05, 0.1) is 17.5 Å². The van der Waals surface area contributed by atoms with Crippen LogP contribution < -0.4 is 0 Å². The zero-order valence-corrected chi connectivity index (χ0v) is 11.6. The summed E-state index contributed by atoms with van der Waals surface area (Å²) in [7, 11) is 0. The van der Waals surface area contributed by atoms with E-state index in [1.54, 1.807) is 12.1 Å². The molecule has 0 N–H and O–H groups in total. The number of hydroxylamine groups is 2. The van der Waals surface area contributed by atoms with Crippen LogP contribution in [0.5, 0.6) is 0 Å². The first kappa shape index (κ1) is 14.6. The molecule has 1 fully saturated rings. The van der Waals surface area contributed by atoms with E-state index in [1.807, 2.05) is 0 Å². The Kier molecular flexibility index (Phi) is 3.42. The van der Waals surface area contributed by atoms with E-state index in [2.05, 4.69) is 0 Å². The molecule has 0 spiro atoms. The lowest BCUT2D eigenvalue weighted by molar-refractivity contribution is -0.169. The van der Waals surface area contributed by atoms with Crippen LogP contribution in [-0.4, -0.2) is 28.8 Å². The number of carbonyl (C=O) groups excluding carboxylic acids is 3. The molecule has 2 amide bonds. The molecular weight excluding hydrogens is 296 g/mol. The van der Waals surface area contributed by atoms with Gasteiger partial charge in [-0.25, -0.2) is 13.6 Å². The van der Waals surface area contributed by atoms with Crippen LogP contribution in [0.4, 0.5) is 8.78 Å². The van der Waals surface area contributed by atoms with Crippen molar-refractivity contribution in [3.05, 3.63) is 35.4 Å². The van der Waals surface area contributed by atoms with Crippen LogP contribution in [0.3, 0.4) is 0 Å². The molecule has 0 saturated heterocycles. The Labute approximate surface area is 124 Å². The molecule has 1 saturated carbocycles. The highest BCUT2D eigenvalue weighted by Gasteiger charge is 2.42. The van der Waals surface area contributed by atoms with E-state index >= 15 is 0 Å². The average molecular weight is 309 g/mol. The number of alkyl halides is 2.